The molecule has 0 bridgehead atoms. The molecule has 8 rings (SSSR count). The molecule has 16 heteroatoms. The van der Waals surface area contributed by atoms with Crippen molar-refractivity contribution in [2.45, 2.75) is 37.0 Å². The Morgan fingerprint density at radius 3 is 2.82 bits per heavy atom. The van der Waals surface area contributed by atoms with Crippen LogP contribution in [0.1, 0.15) is 36.4 Å². The number of hydrogen-bond donors (Lipinski definition) is 2. The topological polar surface area (TPSA) is 139 Å². The number of ether oxygens (including phenoxy) is 2. The van der Waals surface area contributed by atoms with Crippen LogP contribution in [0.25, 0.3) is 32.1 Å². The van der Waals surface area contributed by atoms with Crippen LogP contribution in [0.4, 0.5) is 34.2 Å². The first-order chi connectivity index (χ1) is 24.5. The highest BCUT2D eigenvalue weighted by molar-refractivity contribution is 7.23. The zero-order valence-corrected chi connectivity index (χ0v) is 28.4. The number of fused-ring (bicyclic) bond motifs is 2. The molecule has 0 radical (unpaired) electrons. The molecule has 5 aromatic rings. The van der Waals surface area contributed by atoms with Crippen LogP contribution in [0, 0.1) is 23.0 Å². The van der Waals surface area contributed by atoms with Crippen molar-refractivity contribution in [1.29, 1.82) is 5.26 Å². The van der Waals surface area contributed by atoms with Gasteiger partial charge >= 0.3 is 6.01 Å². The molecule has 51 heavy (non-hydrogen) atoms. The van der Waals surface area contributed by atoms with Gasteiger partial charge in [0.25, 0.3) is 0 Å². The Labute approximate surface area is 297 Å². The first-order valence-electron chi connectivity index (χ1n) is 16.1. The van der Waals surface area contributed by atoms with Gasteiger partial charge in [0, 0.05) is 35.7 Å². The Hall–Kier alpha value is -4.91. The van der Waals surface area contributed by atoms with E-state index in [2.05, 4.69) is 21.4 Å². The van der Waals surface area contributed by atoms with Gasteiger partial charge in [0.2, 0.25) is 0 Å². The second-order valence-electron chi connectivity index (χ2n) is 12.9. The molecule has 10 nitrogen and oxygen atoms in total. The van der Waals surface area contributed by atoms with Gasteiger partial charge < -0.3 is 25.8 Å². The molecule has 0 unspecified atom stereocenters. The van der Waals surface area contributed by atoms with Crippen LogP contribution in [-0.2, 0) is 0 Å². The Morgan fingerprint density at radius 2 is 2.06 bits per heavy atom. The molecule has 0 spiro atoms. The van der Waals surface area contributed by atoms with Gasteiger partial charge in [-0.1, -0.05) is 30.3 Å². The number of hydrogen-bond acceptors (Lipinski definition) is 11. The van der Waals surface area contributed by atoms with E-state index in [0.29, 0.717) is 6.42 Å². The van der Waals surface area contributed by atoms with Gasteiger partial charge in [-0.2, -0.15) is 15.2 Å². The first kappa shape index (κ1) is 33.2. The Kier molecular flexibility index (Phi) is 8.08. The van der Waals surface area contributed by atoms with Crippen molar-refractivity contribution in [3.63, 3.8) is 0 Å². The number of nitrogens with zero attached hydrogens (tertiary/aromatic N) is 6. The number of nitrogen functional groups attached to an aromatic ring is 2. The van der Waals surface area contributed by atoms with Gasteiger partial charge in [-0.25, -0.2) is 22.5 Å². The fraction of sp³-hybridized carbons (Fsp3) is 0.314. The maximum absolute atomic E-state index is 17.3. The molecule has 6 heterocycles. The summed E-state index contributed by atoms with van der Waals surface area (Å²) in [5.41, 5.74) is 11.5. The van der Waals surface area contributed by atoms with Gasteiger partial charge in [-0.05, 0) is 37.1 Å². The average molecular weight is 737 g/mol. The molecule has 262 valence electrons. The van der Waals surface area contributed by atoms with Crippen LogP contribution in [0.2, 0.25) is 5.02 Å². The molecule has 4 N–H and O–H groups in total. The molecule has 2 aromatic carbocycles. The highest BCUT2D eigenvalue weighted by Gasteiger charge is 2.49. The summed E-state index contributed by atoms with van der Waals surface area (Å²) in [5, 5.41) is 9.88. The van der Waals surface area contributed by atoms with Crippen LogP contribution in [0.5, 0.6) is 11.8 Å². The predicted molar refractivity (Wildman–Crippen MR) is 187 cm³/mol. The smallest absolute Gasteiger partial charge is 0.319 e. The Balaban J connectivity index is 1.38. The molecule has 2 fully saturated rings. The van der Waals surface area contributed by atoms with E-state index >= 15 is 13.2 Å². The standard InChI is InChI=1S/C35H29ClF4N8O2S/c1-16(37)28(19-4-2-8-44-31(19)42)48-10-11-49-29-24-27(45-34(46-33(24)48)50-15-35-7-3-9-47(35)14-17(38)12-35)26(40)23(25(29)36)18-5-6-21(39)30-22(18)20(13-41)32(43)51-30/h2,4-6,8,17,28H,1,3,7,9-12,14-15,43H2,(H2,42,44)/t17-,28-,35+/m1/s1. The van der Waals surface area contributed by atoms with Crippen LogP contribution in [0.3, 0.4) is 0 Å². The number of nitriles is 1. The molecule has 3 aliphatic rings. The number of alkyl halides is 1. The van der Waals surface area contributed by atoms with E-state index in [4.69, 9.17) is 37.5 Å². The van der Waals surface area contributed by atoms with Crippen molar-refractivity contribution in [1.82, 2.24) is 19.9 Å². The summed E-state index contributed by atoms with van der Waals surface area (Å²) >= 11 is 7.86. The monoisotopic (exact) mass is 736 g/mol. The van der Waals surface area contributed by atoms with E-state index in [0.717, 1.165) is 30.4 Å². The minimum Gasteiger partial charge on any atom is -0.489 e. The summed E-state index contributed by atoms with van der Waals surface area (Å²) in [7, 11) is 0. The SMILES string of the molecule is C=C(F)[C@H](c1cccnc1N)N1CCOc2c(Cl)c(-c3ccc(F)c4sc(N)c(C#N)c34)c(F)c3nc(OC[C@@]45CCCN4C[C@H](F)C5)nc1c23. The second-order valence-corrected chi connectivity index (χ2v) is 14.3. The lowest BCUT2D eigenvalue weighted by atomic mass is 9.95. The lowest BCUT2D eigenvalue weighted by molar-refractivity contribution is 0.107. The Morgan fingerprint density at radius 1 is 1.24 bits per heavy atom. The highest BCUT2D eigenvalue weighted by Crippen LogP contribution is 2.52. The summed E-state index contributed by atoms with van der Waals surface area (Å²) in [4.78, 5) is 16.9. The number of aromatic nitrogens is 3. The van der Waals surface area contributed by atoms with Gasteiger partial charge in [0.05, 0.1) is 32.8 Å². The lowest BCUT2D eigenvalue weighted by Crippen LogP contribution is -2.43. The van der Waals surface area contributed by atoms with E-state index in [9.17, 15) is 9.65 Å². The zero-order valence-electron chi connectivity index (χ0n) is 26.9. The third kappa shape index (κ3) is 5.18. The van der Waals surface area contributed by atoms with Gasteiger partial charge in [0.1, 0.15) is 65.3 Å². The van der Waals surface area contributed by atoms with Gasteiger partial charge in [-0.15, -0.1) is 11.3 Å². The number of thiophene rings is 1. The fourth-order valence-electron chi connectivity index (χ4n) is 7.81. The fourth-order valence-corrected chi connectivity index (χ4v) is 9.09. The van der Waals surface area contributed by atoms with Crippen molar-refractivity contribution in [2.75, 3.05) is 49.2 Å². The largest absolute Gasteiger partial charge is 0.489 e. The highest BCUT2D eigenvalue weighted by atomic mass is 35.5. The van der Waals surface area contributed by atoms with Crippen molar-refractivity contribution < 1.29 is 27.0 Å². The first-order valence-corrected chi connectivity index (χ1v) is 17.3. The lowest BCUT2D eigenvalue weighted by Gasteiger charge is -2.32. The van der Waals surface area contributed by atoms with E-state index in [1.165, 1.54) is 17.2 Å². The molecule has 3 aromatic heterocycles. The number of nitrogens with two attached hydrogens (primary N) is 2. The minimum absolute atomic E-state index is 0.00284. The minimum atomic E-state index is -1.24. The number of halogens is 5. The third-order valence-electron chi connectivity index (χ3n) is 10.00. The van der Waals surface area contributed by atoms with Crippen LogP contribution < -0.4 is 25.8 Å². The van der Waals surface area contributed by atoms with Crippen molar-refractivity contribution in [3.05, 3.63) is 70.7 Å². The molecule has 0 saturated carbocycles. The summed E-state index contributed by atoms with van der Waals surface area (Å²) in [6.45, 7) is 4.52. The summed E-state index contributed by atoms with van der Waals surface area (Å²) in [5.74, 6) is -2.38. The van der Waals surface area contributed by atoms with Crippen molar-refractivity contribution >= 4 is 60.6 Å². The van der Waals surface area contributed by atoms with E-state index < -0.39 is 35.2 Å². The van der Waals surface area contributed by atoms with E-state index in [-0.39, 0.29) is 109 Å². The third-order valence-corrected chi connectivity index (χ3v) is 11.4. The quantitative estimate of drug-likeness (QED) is 0.164. The van der Waals surface area contributed by atoms with E-state index in [1.807, 2.05) is 6.07 Å². The second kappa shape index (κ2) is 12.4. The Bertz CT molecular complexity index is 2320. The van der Waals surface area contributed by atoms with Crippen molar-refractivity contribution in [2.24, 2.45) is 0 Å². The molecule has 2 saturated heterocycles. The maximum atomic E-state index is 17.3. The van der Waals surface area contributed by atoms with Crippen LogP contribution in [0.15, 0.2) is 42.9 Å². The number of rotatable bonds is 7. The molecule has 3 aliphatic heterocycles. The molecule has 0 aliphatic carbocycles. The number of benzene rings is 2. The van der Waals surface area contributed by atoms with Crippen molar-refractivity contribution in [3.8, 4) is 29.0 Å². The predicted octanol–water partition coefficient (Wildman–Crippen LogP) is 7.25. The average Bonchev–Trinajstić information content (AvgIpc) is 3.70. The van der Waals surface area contributed by atoms with Crippen LogP contribution in [-0.4, -0.2) is 64.4 Å². The summed E-state index contributed by atoms with van der Waals surface area (Å²) in [6.07, 6.45) is 2.27. The normalized spacial score (nSPS) is 20.6. The number of pyridine rings is 1. The zero-order chi connectivity index (χ0) is 35.8. The van der Waals surface area contributed by atoms with Gasteiger partial charge in [0.15, 0.2) is 11.6 Å². The molecule has 3 atom stereocenters. The molecular weight excluding hydrogens is 708 g/mol. The molecular formula is C35H29ClF4N8O2S. The summed E-state index contributed by atoms with van der Waals surface area (Å²) < 4.78 is 75.0. The van der Waals surface area contributed by atoms with Gasteiger partial charge in [-0.3, -0.25) is 4.90 Å². The number of anilines is 3. The van der Waals surface area contributed by atoms with Crippen LogP contribution >= 0.6 is 22.9 Å². The summed E-state index contributed by atoms with van der Waals surface area (Å²) in [6, 6.07) is 6.14. The molecule has 0 amide bonds. The maximum Gasteiger partial charge on any atom is 0.319 e. The van der Waals surface area contributed by atoms with E-state index in [1.54, 1.807) is 12.1 Å².